The maximum atomic E-state index is 14.9. The zero-order chi connectivity index (χ0) is 28.6. The van der Waals surface area contributed by atoms with Gasteiger partial charge in [0.2, 0.25) is 5.91 Å². The van der Waals surface area contributed by atoms with Crippen LogP contribution in [-0.4, -0.2) is 66.1 Å². The number of phenols is 1. The molecule has 1 aliphatic heterocycles. The van der Waals surface area contributed by atoms with Crippen LogP contribution in [0.2, 0.25) is 5.02 Å². The molecular weight excluding hydrogens is 537 g/mol. The summed E-state index contributed by atoms with van der Waals surface area (Å²) in [5.74, 6) is -0.662. The van der Waals surface area contributed by atoms with E-state index in [0.29, 0.717) is 43.0 Å². The topological polar surface area (TPSA) is 117 Å². The van der Waals surface area contributed by atoms with Gasteiger partial charge in [-0.3, -0.25) is 9.78 Å². The lowest BCUT2D eigenvalue weighted by molar-refractivity contribution is -0.126. The van der Waals surface area contributed by atoms with Crippen LogP contribution < -0.4 is 10.6 Å². The van der Waals surface area contributed by atoms with Gasteiger partial charge in [-0.2, -0.15) is 4.98 Å². The number of rotatable bonds is 6. The van der Waals surface area contributed by atoms with E-state index in [1.807, 2.05) is 18.7 Å². The first-order valence-electron chi connectivity index (χ1n) is 12.8. The number of amides is 1. The van der Waals surface area contributed by atoms with Crippen molar-refractivity contribution in [3.05, 3.63) is 76.3 Å². The molecule has 5 rings (SSSR count). The van der Waals surface area contributed by atoms with Crippen LogP contribution in [0.25, 0.3) is 28.1 Å². The molecule has 1 aliphatic rings. The molecule has 10 nitrogen and oxygen atoms in total. The molecule has 40 heavy (non-hydrogen) atoms. The molecule has 4 heterocycles. The number of pyridine rings is 1. The van der Waals surface area contributed by atoms with Crippen molar-refractivity contribution in [3.8, 4) is 22.8 Å². The van der Waals surface area contributed by atoms with Gasteiger partial charge in [-0.15, -0.1) is 0 Å². The third-order valence-corrected chi connectivity index (χ3v) is 7.15. The number of halogens is 2. The summed E-state index contributed by atoms with van der Waals surface area (Å²) in [4.78, 5) is 47.5. The summed E-state index contributed by atoms with van der Waals surface area (Å²) in [6.45, 7) is 8.65. The molecule has 1 aromatic carbocycles. The van der Waals surface area contributed by atoms with Crippen molar-refractivity contribution >= 4 is 34.4 Å². The number of piperazine rings is 1. The summed E-state index contributed by atoms with van der Waals surface area (Å²) in [6.07, 6.45) is 5.59. The van der Waals surface area contributed by atoms with Crippen molar-refractivity contribution < 1.29 is 14.3 Å². The van der Waals surface area contributed by atoms with Gasteiger partial charge in [-0.05, 0) is 37.6 Å². The Morgan fingerprint density at radius 2 is 2.00 bits per heavy atom. The zero-order valence-electron chi connectivity index (χ0n) is 22.0. The van der Waals surface area contributed by atoms with Crippen molar-refractivity contribution in [2.45, 2.75) is 32.7 Å². The van der Waals surface area contributed by atoms with Crippen LogP contribution in [0, 0.1) is 5.82 Å². The smallest absolute Gasteiger partial charge is 0.357 e. The summed E-state index contributed by atoms with van der Waals surface area (Å²) in [7, 11) is 0. The fourth-order valence-electron chi connectivity index (χ4n) is 5.00. The van der Waals surface area contributed by atoms with E-state index in [4.69, 9.17) is 11.6 Å². The number of aryl methyl sites for hydroxylation is 1. The second-order valence-corrected chi connectivity index (χ2v) is 9.89. The summed E-state index contributed by atoms with van der Waals surface area (Å²) < 4.78 is 16.2. The standard InChI is InChI=1S/C28H27ClFN7O3/c1-4-7-20-27(32-11-10-31-20)37-26-17(14-18(29)24(33-26)23-19(30)8-6-9-21(23)38)25(34-28(37)40)36-13-12-35(15-16(36)3)22(39)5-2/h5-6,8-11,14,16,38H,2,4,7,12-13,15H2,1,3H3/t16-/m0/s1. The van der Waals surface area contributed by atoms with Gasteiger partial charge in [0.05, 0.1) is 27.4 Å². The summed E-state index contributed by atoms with van der Waals surface area (Å²) in [5, 5.41) is 11.0. The van der Waals surface area contributed by atoms with E-state index in [1.165, 1.54) is 35.0 Å². The van der Waals surface area contributed by atoms with E-state index in [0.717, 1.165) is 6.42 Å². The Balaban J connectivity index is 1.79. The molecule has 0 saturated carbocycles. The number of aromatic hydroxyl groups is 1. The van der Waals surface area contributed by atoms with Gasteiger partial charge in [0, 0.05) is 38.1 Å². The van der Waals surface area contributed by atoms with Crippen LogP contribution in [0.5, 0.6) is 5.75 Å². The lowest BCUT2D eigenvalue weighted by Crippen LogP contribution is -2.54. The first-order valence-corrected chi connectivity index (χ1v) is 13.2. The van der Waals surface area contributed by atoms with E-state index in [-0.39, 0.29) is 45.4 Å². The highest BCUT2D eigenvalue weighted by molar-refractivity contribution is 6.34. The number of benzene rings is 1. The molecule has 12 heteroatoms. The molecule has 206 valence electrons. The molecule has 0 radical (unpaired) electrons. The first kappa shape index (κ1) is 27.2. The van der Waals surface area contributed by atoms with Crippen molar-refractivity contribution in [1.82, 2.24) is 29.4 Å². The number of aromatic nitrogens is 5. The predicted octanol–water partition coefficient (Wildman–Crippen LogP) is 3.91. The Kier molecular flexibility index (Phi) is 7.49. The fourth-order valence-corrected chi connectivity index (χ4v) is 5.24. The lowest BCUT2D eigenvalue weighted by Gasteiger charge is -2.40. The minimum atomic E-state index is -0.722. The molecule has 0 aliphatic carbocycles. The van der Waals surface area contributed by atoms with Crippen molar-refractivity contribution in [2.75, 3.05) is 24.5 Å². The van der Waals surface area contributed by atoms with Gasteiger partial charge in [0.25, 0.3) is 0 Å². The number of fused-ring (bicyclic) bond motifs is 1. The molecule has 1 N–H and O–H groups in total. The number of hydrogen-bond donors (Lipinski definition) is 1. The molecular formula is C28H27ClFN7O3. The van der Waals surface area contributed by atoms with Crippen molar-refractivity contribution in [2.24, 2.45) is 0 Å². The number of carbonyl (C=O) groups excluding carboxylic acids is 1. The Bertz CT molecular complexity index is 1670. The average molecular weight is 564 g/mol. The maximum absolute atomic E-state index is 14.9. The minimum absolute atomic E-state index is 0.0366. The van der Waals surface area contributed by atoms with Gasteiger partial charge in [0.1, 0.15) is 17.4 Å². The largest absolute Gasteiger partial charge is 0.507 e. The highest BCUT2D eigenvalue weighted by Crippen LogP contribution is 2.38. The highest BCUT2D eigenvalue weighted by atomic mass is 35.5. The molecule has 1 atom stereocenters. The number of phenolic OH excluding ortho intramolecular Hbond substituents is 1. The second kappa shape index (κ2) is 11.0. The monoisotopic (exact) mass is 563 g/mol. The van der Waals surface area contributed by atoms with Crippen LogP contribution in [0.1, 0.15) is 26.0 Å². The van der Waals surface area contributed by atoms with Crippen LogP contribution in [0.15, 0.2) is 54.1 Å². The number of carbonyl (C=O) groups is 1. The molecule has 1 saturated heterocycles. The van der Waals surface area contributed by atoms with Crippen LogP contribution in [0.3, 0.4) is 0 Å². The molecule has 4 aromatic rings. The van der Waals surface area contributed by atoms with Gasteiger partial charge in [0.15, 0.2) is 11.5 Å². The van der Waals surface area contributed by atoms with Crippen LogP contribution in [-0.2, 0) is 11.2 Å². The Labute approximate surface area is 234 Å². The molecule has 3 aromatic heterocycles. The molecule has 1 amide bonds. The summed E-state index contributed by atoms with van der Waals surface area (Å²) in [5.41, 5.74) is -0.183. The Hall–Kier alpha value is -4.38. The van der Waals surface area contributed by atoms with E-state index < -0.39 is 11.5 Å². The Morgan fingerprint density at radius 3 is 2.70 bits per heavy atom. The number of anilines is 1. The highest BCUT2D eigenvalue weighted by Gasteiger charge is 2.30. The van der Waals surface area contributed by atoms with Gasteiger partial charge < -0.3 is 14.9 Å². The van der Waals surface area contributed by atoms with E-state index >= 15 is 0 Å². The van der Waals surface area contributed by atoms with Gasteiger partial charge in [-0.1, -0.05) is 37.6 Å². The molecule has 0 bridgehead atoms. The Morgan fingerprint density at radius 1 is 1.23 bits per heavy atom. The number of hydrogen-bond acceptors (Lipinski definition) is 8. The minimum Gasteiger partial charge on any atom is -0.507 e. The van der Waals surface area contributed by atoms with Gasteiger partial charge in [-0.25, -0.2) is 23.7 Å². The van der Waals surface area contributed by atoms with E-state index in [1.54, 1.807) is 17.2 Å². The average Bonchev–Trinajstić information content (AvgIpc) is 2.93. The third kappa shape index (κ3) is 4.77. The predicted molar refractivity (Wildman–Crippen MR) is 150 cm³/mol. The second-order valence-electron chi connectivity index (χ2n) is 9.48. The van der Waals surface area contributed by atoms with Crippen molar-refractivity contribution in [1.29, 1.82) is 0 Å². The van der Waals surface area contributed by atoms with E-state index in [2.05, 4.69) is 26.5 Å². The quantitative estimate of drug-likeness (QED) is 0.351. The molecule has 0 spiro atoms. The zero-order valence-corrected chi connectivity index (χ0v) is 22.8. The summed E-state index contributed by atoms with van der Waals surface area (Å²) >= 11 is 6.67. The lowest BCUT2D eigenvalue weighted by atomic mass is 10.1. The van der Waals surface area contributed by atoms with Crippen LogP contribution >= 0.6 is 11.6 Å². The number of nitrogens with zero attached hydrogens (tertiary/aromatic N) is 7. The third-order valence-electron chi connectivity index (χ3n) is 6.87. The normalized spacial score (nSPS) is 15.4. The molecule has 0 unspecified atom stereocenters. The molecule has 1 fully saturated rings. The summed E-state index contributed by atoms with van der Waals surface area (Å²) in [6, 6.07) is 5.25. The maximum Gasteiger partial charge on any atom is 0.357 e. The fraction of sp³-hybridized carbons (Fsp3) is 0.286. The first-order chi connectivity index (χ1) is 19.2. The SMILES string of the molecule is C=CC(=O)N1CCN(c2nc(=O)n(-c3nccnc3CCC)c3nc(-c4c(O)cccc4F)c(Cl)cc23)[C@@H](C)C1. The van der Waals surface area contributed by atoms with E-state index in [9.17, 15) is 19.1 Å². The van der Waals surface area contributed by atoms with Crippen LogP contribution in [0.4, 0.5) is 10.2 Å². The van der Waals surface area contributed by atoms with Crippen molar-refractivity contribution in [3.63, 3.8) is 0 Å². The van der Waals surface area contributed by atoms with Gasteiger partial charge >= 0.3 is 5.69 Å².